The van der Waals surface area contributed by atoms with Gasteiger partial charge in [-0.2, -0.15) is 0 Å². The minimum Gasteiger partial charge on any atom is -0.256 e. The number of pyridine rings is 1. The van der Waals surface area contributed by atoms with Crippen LogP contribution in [0.2, 0.25) is 0 Å². The Morgan fingerprint density at radius 1 is 0.269 bits per heavy atom. The van der Waals surface area contributed by atoms with Gasteiger partial charge in [-0.3, -0.25) is 4.98 Å². The first-order valence-corrected chi connectivity index (χ1v) is 17.5. The van der Waals surface area contributed by atoms with Crippen molar-refractivity contribution in [3.8, 4) is 56.4 Å². The van der Waals surface area contributed by atoms with Crippen LogP contribution in [0.15, 0.2) is 182 Å². The van der Waals surface area contributed by atoms with Gasteiger partial charge in [0.2, 0.25) is 0 Å². The average molecular weight is 663 g/mol. The van der Waals surface area contributed by atoms with Crippen molar-refractivity contribution in [3.05, 3.63) is 182 Å². The maximum Gasteiger partial charge on any atom is 0.164 e. The normalized spacial score (nSPS) is 11.5. The summed E-state index contributed by atoms with van der Waals surface area (Å²) in [4.78, 5) is 19.5. The van der Waals surface area contributed by atoms with Crippen LogP contribution in [0.3, 0.4) is 0 Å². The maximum atomic E-state index is 5.03. The zero-order chi connectivity index (χ0) is 34.4. The van der Waals surface area contributed by atoms with Gasteiger partial charge in [-0.05, 0) is 72.8 Å². The highest BCUT2D eigenvalue weighted by Crippen LogP contribution is 2.37. The van der Waals surface area contributed by atoms with Crippen molar-refractivity contribution in [1.29, 1.82) is 0 Å². The first-order valence-electron chi connectivity index (χ1n) is 17.5. The number of para-hydroxylation sites is 1. The molecule has 4 heteroatoms. The molecule has 0 aliphatic rings. The van der Waals surface area contributed by atoms with E-state index < -0.39 is 0 Å². The van der Waals surface area contributed by atoms with Crippen molar-refractivity contribution in [2.24, 2.45) is 0 Å². The van der Waals surface area contributed by atoms with Gasteiger partial charge in [0, 0.05) is 28.3 Å². The lowest BCUT2D eigenvalue weighted by atomic mass is 9.92. The number of benzene rings is 8. The third-order valence-electron chi connectivity index (χ3n) is 9.99. The molecule has 0 bridgehead atoms. The van der Waals surface area contributed by atoms with Crippen molar-refractivity contribution in [3.63, 3.8) is 0 Å². The Kier molecular flexibility index (Phi) is 7.10. The molecule has 0 spiro atoms. The molecule has 0 aliphatic heterocycles. The average Bonchev–Trinajstić information content (AvgIpc) is 3.23. The van der Waals surface area contributed by atoms with Gasteiger partial charge < -0.3 is 0 Å². The molecular formula is C48H30N4. The van der Waals surface area contributed by atoms with Crippen LogP contribution < -0.4 is 0 Å². The Bertz CT molecular complexity index is 2890. The molecule has 2 aromatic heterocycles. The van der Waals surface area contributed by atoms with Crippen molar-refractivity contribution >= 4 is 43.2 Å². The van der Waals surface area contributed by atoms with Gasteiger partial charge >= 0.3 is 0 Å². The lowest BCUT2D eigenvalue weighted by molar-refractivity contribution is 1.07. The Hall–Kier alpha value is -7.04. The standard InChI is InChI=1S/C48H30N4/c1-2-10-33(11-3-1)46-50-47(52-48(51-46)35-24-20-32(21-25-35)37-28-29-49-45-17-9-8-16-43(37)45)34-22-18-31(19-23-34)36-26-27-42-40-14-5-4-12-38(40)39-13-6-7-15-41(39)44(42)30-36/h1-30H. The van der Waals surface area contributed by atoms with Crippen LogP contribution in [-0.4, -0.2) is 19.9 Å². The molecule has 2 heterocycles. The largest absolute Gasteiger partial charge is 0.256 e. The summed E-state index contributed by atoms with van der Waals surface area (Å²) in [6.07, 6.45) is 1.87. The molecule has 52 heavy (non-hydrogen) atoms. The second kappa shape index (κ2) is 12.4. The summed E-state index contributed by atoms with van der Waals surface area (Å²) < 4.78 is 0. The van der Waals surface area contributed by atoms with Gasteiger partial charge in [0.05, 0.1) is 5.52 Å². The van der Waals surface area contributed by atoms with E-state index in [9.17, 15) is 0 Å². The zero-order valence-corrected chi connectivity index (χ0v) is 28.1. The maximum absolute atomic E-state index is 5.03. The van der Waals surface area contributed by atoms with Crippen LogP contribution in [0, 0.1) is 0 Å². The summed E-state index contributed by atoms with van der Waals surface area (Å²) in [5.41, 5.74) is 8.35. The summed E-state index contributed by atoms with van der Waals surface area (Å²) in [7, 11) is 0. The Labute approximate surface area is 300 Å². The van der Waals surface area contributed by atoms with Crippen LogP contribution in [-0.2, 0) is 0 Å². The highest BCUT2D eigenvalue weighted by Gasteiger charge is 2.14. The number of fused-ring (bicyclic) bond motifs is 7. The molecule has 10 rings (SSSR count). The van der Waals surface area contributed by atoms with Crippen LogP contribution in [0.5, 0.6) is 0 Å². The molecule has 0 aliphatic carbocycles. The van der Waals surface area contributed by atoms with E-state index >= 15 is 0 Å². The van der Waals surface area contributed by atoms with Gasteiger partial charge in [0.15, 0.2) is 17.5 Å². The minimum absolute atomic E-state index is 0.632. The van der Waals surface area contributed by atoms with Crippen molar-refractivity contribution in [2.45, 2.75) is 0 Å². The molecule has 0 saturated carbocycles. The molecule has 4 nitrogen and oxygen atoms in total. The van der Waals surface area contributed by atoms with E-state index in [0.717, 1.165) is 44.3 Å². The molecule has 8 aromatic carbocycles. The number of hydrogen-bond acceptors (Lipinski definition) is 4. The third kappa shape index (κ3) is 5.17. The van der Waals surface area contributed by atoms with Crippen LogP contribution in [0.1, 0.15) is 0 Å². The van der Waals surface area contributed by atoms with Gasteiger partial charge in [0.1, 0.15) is 0 Å². The van der Waals surface area contributed by atoms with Gasteiger partial charge in [-0.1, -0.05) is 158 Å². The number of nitrogens with zero attached hydrogens (tertiary/aromatic N) is 4. The molecule has 242 valence electrons. The van der Waals surface area contributed by atoms with Crippen molar-refractivity contribution < 1.29 is 0 Å². The quantitative estimate of drug-likeness (QED) is 0.172. The van der Waals surface area contributed by atoms with E-state index in [0.29, 0.717) is 17.5 Å². The van der Waals surface area contributed by atoms with Crippen LogP contribution >= 0.6 is 0 Å². The third-order valence-corrected chi connectivity index (χ3v) is 9.99. The fourth-order valence-electron chi connectivity index (χ4n) is 7.40. The Morgan fingerprint density at radius 3 is 1.29 bits per heavy atom. The first kappa shape index (κ1) is 29.8. The smallest absolute Gasteiger partial charge is 0.164 e. The molecule has 0 unspecified atom stereocenters. The Balaban J connectivity index is 1.04. The Morgan fingerprint density at radius 2 is 0.692 bits per heavy atom. The van der Waals surface area contributed by atoms with E-state index in [4.69, 9.17) is 15.0 Å². The molecule has 0 radical (unpaired) electrons. The van der Waals surface area contributed by atoms with E-state index in [1.807, 2.05) is 48.7 Å². The molecule has 10 aromatic rings. The highest BCUT2D eigenvalue weighted by molar-refractivity contribution is 6.25. The summed E-state index contributed by atoms with van der Waals surface area (Å²) in [6.45, 7) is 0. The van der Waals surface area contributed by atoms with Crippen molar-refractivity contribution in [2.75, 3.05) is 0 Å². The summed E-state index contributed by atoms with van der Waals surface area (Å²) >= 11 is 0. The highest BCUT2D eigenvalue weighted by atomic mass is 15.0. The molecule has 0 amide bonds. The fraction of sp³-hybridized carbons (Fsp3) is 0. The van der Waals surface area contributed by atoms with Crippen molar-refractivity contribution in [1.82, 2.24) is 19.9 Å². The van der Waals surface area contributed by atoms with E-state index in [-0.39, 0.29) is 0 Å². The van der Waals surface area contributed by atoms with Gasteiger partial charge in [-0.15, -0.1) is 0 Å². The van der Waals surface area contributed by atoms with Gasteiger partial charge in [-0.25, -0.2) is 15.0 Å². The molecular weight excluding hydrogens is 633 g/mol. The molecule has 0 saturated heterocycles. The fourth-order valence-corrected chi connectivity index (χ4v) is 7.40. The predicted octanol–water partition coefficient (Wildman–Crippen LogP) is 12.2. The van der Waals surface area contributed by atoms with Crippen LogP contribution in [0.4, 0.5) is 0 Å². The second-order valence-electron chi connectivity index (χ2n) is 13.1. The number of aromatic nitrogens is 4. The number of rotatable bonds is 5. The zero-order valence-electron chi connectivity index (χ0n) is 28.1. The second-order valence-corrected chi connectivity index (χ2v) is 13.1. The van der Waals surface area contributed by atoms with E-state index in [1.165, 1.54) is 37.9 Å². The number of hydrogen-bond donors (Lipinski definition) is 0. The minimum atomic E-state index is 0.632. The summed E-state index contributed by atoms with van der Waals surface area (Å²) in [5, 5.41) is 8.75. The monoisotopic (exact) mass is 662 g/mol. The van der Waals surface area contributed by atoms with Gasteiger partial charge in [0.25, 0.3) is 0 Å². The lowest BCUT2D eigenvalue weighted by Crippen LogP contribution is -2.00. The predicted molar refractivity (Wildman–Crippen MR) is 215 cm³/mol. The summed E-state index contributed by atoms with van der Waals surface area (Å²) in [5.74, 6) is 1.91. The SMILES string of the molecule is c1ccc(-c2nc(-c3ccc(-c4ccc5c6ccccc6c6ccccc6c5c4)cc3)nc(-c3ccc(-c4ccnc5ccccc45)cc3)n2)cc1. The molecule has 0 atom stereocenters. The van der Waals surface area contributed by atoms with E-state index in [2.05, 4.69) is 138 Å². The molecule has 0 fully saturated rings. The molecule has 0 N–H and O–H groups in total. The summed E-state index contributed by atoms with van der Waals surface area (Å²) in [6, 6.07) is 61.6. The topological polar surface area (TPSA) is 51.6 Å². The van der Waals surface area contributed by atoms with Crippen LogP contribution in [0.25, 0.3) is 99.6 Å². The first-order chi connectivity index (χ1) is 25.8. The lowest BCUT2D eigenvalue weighted by Gasteiger charge is -2.12. The van der Waals surface area contributed by atoms with E-state index in [1.54, 1.807) is 0 Å².